The van der Waals surface area contributed by atoms with E-state index in [1.165, 1.54) is 6.07 Å². The molecule has 0 bridgehead atoms. The summed E-state index contributed by atoms with van der Waals surface area (Å²) in [5, 5.41) is 0.287. The van der Waals surface area contributed by atoms with Crippen molar-refractivity contribution in [3.8, 4) is 16.9 Å². The van der Waals surface area contributed by atoms with Crippen molar-refractivity contribution in [1.29, 1.82) is 0 Å². The number of halogens is 3. The lowest BCUT2D eigenvalue weighted by atomic mass is 9.78. The standard InChI is InChI=1S/C27H27ClF2N2O4S/c1-37(34,35)32-19-11-12-27(15-19,26(31)33)14-18-7-9-22(28)21(13-18)20-8-10-23(29)24(30)25(20)36-16-17-5-3-2-4-6-17/h2-10,13,19,32H,11-12,14-16H2,1H3,(H2,31,33)/t19-,27+/m0/s1. The zero-order valence-corrected chi connectivity index (χ0v) is 21.7. The summed E-state index contributed by atoms with van der Waals surface area (Å²) in [5.74, 6) is -2.98. The number of carbonyl (C=O) groups is 1. The van der Waals surface area contributed by atoms with Crippen molar-refractivity contribution in [3.05, 3.63) is 88.4 Å². The molecular formula is C27H27ClF2N2O4S. The molecule has 0 saturated heterocycles. The molecule has 196 valence electrons. The van der Waals surface area contributed by atoms with Gasteiger partial charge in [0.05, 0.1) is 11.7 Å². The number of carbonyl (C=O) groups excluding carboxylic acids is 1. The van der Waals surface area contributed by atoms with E-state index in [1.807, 2.05) is 18.2 Å². The summed E-state index contributed by atoms with van der Waals surface area (Å²) in [6, 6.07) is 16.1. The van der Waals surface area contributed by atoms with Crippen molar-refractivity contribution in [2.45, 2.75) is 38.3 Å². The first kappa shape index (κ1) is 27.0. The number of benzene rings is 3. The average Bonchev–Trinajstić information content (AvgIpc) is 3.24. The molecule has 10 heteroatoms. The Balaban J connectivity index is 1.66. The second kappa shape index (κ2) is 10.8. The molecule has 0 heterocycles. The topological polar surface area (TPSA) is 98.5 Å². The van der Waals surface area contributed by atoms with Gasteiger partial charge in [0, 0.05) is 22.2 Å². The first-order valence-corrected chi connectivity index (χ1v) is 13.9. The molecule has 0 aliphatic heterocycles. The predicted octanol–water partition coefficient (Wildman–Crippen LogP) is 4.98. The zero-order chi connectivity index (χ0) is 26.8. The number of nitrogens with two attached hydrogens (primary N) is 1. The van der Waals surface area contributed by atoms with Crippen LogP contribution < -0.4 is 15.2 Å². The van der Waals surface area contributed by atoms with Gasteiger partial charge in [-0.15, -0.1) is 0 Å². The minimum absolute atomic E-state index is 0.0189. The first-order chi connectivity index (χ1) is 17.5. The van der Waals surface area contributed by atoms with Crippen LogP contribution in [0, 0.1) is 17.0 Å². The molecule has 0 spiro atoms. The van der Waals surface area contributed by atoms with Crippen LogP contribution in [0.15, 0.2) is 60.7 Å². The summed E-state index contributed by atoms with van der Waals surface area (Å²) < 4.78 is 60.7. The van der Waals surface area contributed by atoms with Gasteiger partial charge < -0.3 is 10.5 Å². The quantitative estimate of drug-likeness (QED) is 0.394. The highest BCUT2D eigenvalue weighted by atomic mass is 35.5. The number of hydrogen-bond donors (Lipinski definition) is 2. The van der Waals surface area contributed by atoms with E-state index in [4.69, 9.17) is 22.1 Å². The van der Waals surface area contributed by atoms with Crippen LogP contribution >= 0.6 is 11.6 Å². The summed E-state index contributed by atoms with van der Waals surface area (Å²) in [4.78, 5) is 12.5. The number of primary amides is 1. The normalized spacial score (nSPS) is 19.6. The minimum Gasteiger partial charge on any atom is -0.485 e. The fourth-order valence-electron chi connectivity index (χ4n) is 4.90. The molecular weight excluding hydrogens is 522 g/mol. The summed E-state index contributed by atoms with van der Waals surface area (Å²) in [6.45, 7) is 0.0189. The highest BCUT2D eigenvalue weighted by Gasteiger charge is 2.44. The van der Waals surface area contributed by atoms with Gasteiger partial charge >= 0.3 is 0 Å². The Morgan fingerprint density at radius 1 is 1.11 bits per heavy atom. The maximum atomic E-state index is 14.9. The van der Waals surface area contributed by atoms with Gasteiger partial charge in [-0.3, -0.25) is 4.79 Å². The summed E-state index contributed by atoms with van der Waals surface area (Å²) in [7, 11) is -3.44. The molecule has 0 unspecified atom stereocenters. The van der Waals surface area contributed by atoms with Crippen molar-refractivity contribution in [3.63, 3.8) is 0 Å². The van der Waals surface area contributed by atoms with Crippen molar-refractivity contribution in [2.75, 3.05) is 6.26 Å². The van der Waals surface area contributed by atoms with Crippen molar-refractivity contribution >= 4 is 27.5 Å². The second-order valence-electron chi connectivity index (χ2n) is 9.48. The van der Waals surface area contributed by atoms with Crippen molar-refractivity contribution in [1.82, 2.24) is 4.72 Å². The Morgan fingerprint density at radius 3 is 2.51 bits per heavy atom. The monoisotopic (exact) mass is 548 g/mol. The molecule has 1 saturated carbocycles. The van der Waals surface area contributed by atoms with Crippen LogP contribution in [-0.2, 0) is 27.8 Å². The van der Waals surface area contributed by atoms with Crippen LogP contribution in [0.1, 0.15) is 30.4 Å². The largest absolute Gasteiger partial charge is 0.485 e. The Morgan fingerprint density at radius 2 is 1.84 bits per heavy atom. The molecule has 0 aromatic heterocycles. The van der Waals surface area contributed by atoms with E-state index < -0.39 is 39.0 Å². The maximum absolute atomic E-state index is 14.9. The van der Waals surface area contributed by atoms with E-state index in [9.17, 15) is 22.0 Å². The number of nitrogens with one attached hydrogen (secondary N) is 1. The molecule has 1 fully saturated rings. The number of amides is 1. The number of rotatable bonds is 9. The summed E-state index contributed by atoms with van der Waals surface area (Å²) in [6.07, 6.45) is 2.44. The molecule has 0 radical (unpaired) electrons. The summed E-state index contributed by atoms with van der Waals surface area (Å²) in [5.41, 5.74) is 6.96. The van der Waals surface area contributed by atoms with Gasteiger partial charge in [-0.05, 0) is 61.1 Å². The third-order valence-electron chi connectivity index (χ3n) is 6.65. The third-order valence-corrected chi connectivity index (χ3v) is 7.74. The molecule has 4 rings (SSSR count). The SMILES string of the molecule is CS(=O)(=O)N[C@H]1CC[C@](Cc2ccc(Cl)c(-c3ccc(F)c(F)c3OCc3ccccc3)c2)(C(N)=O)C1. The van der Waals surface area contributed by atoms with E-state index in [0.29, 0.717) is 24.0 Å². The smallest absolute Gasteiger partial charge is 0.224 e. The van der Waals surface area contributed by atoms with Gasteiger partial charge in [0.1, 0.15) is 6.61 Å². The van der Waals surface area contributed by atoms with Crippen LogP contribution in [0.5, 0.6) is 5.75 Å². The number of sulfonamides is 1. The van der Waals surface area contributed by atoms with E-state index >= 15 is 0 Å². The molecule has 1 aliphatic rings. The Labute approximate surface area is 219 Å². The molecule has 6 nitrogen and oxygen atoms in total. The minimum atomic E-state index is -3.44. The molecule has 3 aromatic rings. The molecule has 3 N–H and O–H groups in total. The van der Waals surface area contributed by atoms with Crippen molar-refractivity contribution < 1.29 is 26.7 Å². The lowest BCUT2D eigenvalue weighted by Gasteiger charge is -2.26. The Bertz CT molecular complexity index is 1420. The van der Waals surface area contributed by atoms with Crippen LogP contribution in [0.4, 0.5) is 8.78 Å². The van der Waals surface area contributed by atoms with Crippen LogP contribution in [0.2, 0.25) is 5.02 Å². The summed E-state index contributed by atoms with van der Waals surface area (Å²) >= 11 is 6.48. The van der Waals surface area contributed by atoms with Gasteiger partial charge in [0.15, 0.2) is 11.6 Å². The molecule has 3 aromatic carbocycles. The van der Waals surface area contributed by atoms with Gasteiger partial charge in [-0.25, -0.2) is 17.5 Å². The van der Waals surface area contributed by atoms with Crippen LogP contribution in [0.25, 0.3) is 11.1 Å². The van der Waals surface area contributed by atoms with Gasteiger partial charge in [0.2, 0.25) is 21.7 Å². The van der Waals surface area contributed by atoms with E-state index in [-0.39, 0.29) is 35.8 Å². The lowest BCUT2D eigenvalue weighted by molar-refractivity contribution is -0.127. The fourth-order valence-corrected chi connectivity index (χ4v) is 5.92. The zero-order valence-electron chi connectivity index (χ0n) is 20.1. The highest BCUT2D eigenvalue weighted by Crippen LogP contribution is 2.43. The molecule has 1 aliphatic carbocycles. The second-order valence-corrected chi connectivity index (χ2v) is 11.7. The van der Waals surface area contributed by atoms with Crippen molar-refractivity contribution in [2.24, 2.45) is 11.1 Å². The highest BCUT2D eigenvalue weighted by molar-refractivity contribution is 7.88. The average molecular weight is 549 g/mol. The Kier molecular flexibility index (Phi) is 7.87. The molecule has 1 amide bonds. The lowest BCUT2D eigenvalue weighted by Crippen LogP contribution is -2.40. The van der Waals surface area contributed by atoms with E-state index in [2.05, 4.69) is 4.72 Å². The van der Waals surface area contributed by atoms with Crippen LogP contribution in [0.3, 0.4) is 0 Å². The molecule has 37 heavy (non-hydrogen) atoms. The van der Waals surface area contributed by atoms with Gasteiger partial charge in [-0.1, -0.05) is 48.0 Å². The molecule has 2 atom stereocenters. The third kappa shape index (κ3) is 6.29. The predicted molar refractivity (Wildman–Crippen MR) is 139 cm³/mol. The van der Waals surface area contributed by atoms with Gasteiger partial charge in [-0.2, -0.15) is 4.39 Å². The Hall–Kier alpha value is -3.01. The maximum Gasteiger partial charge on any atom is 0.224 e. The fraction of sp³-hybridized carbons (Fsp3) is 0.296. The van der Waals surface area contributed by atoms with Crippen LogP contribution in [-0.4, -0.2) is 26.6 Å². The number of hydrogen-bond acceptors (Lipinski definition) is 4. The number of ether oxygens (including phenoxy) is 1. The van der Waals surface area contributed by atoms with E-state index in [1.54, 1.807) is 30.3 Å². The first-order valence-electron chi connectivity index (χ1n) is 11.7. The van der Waals surface area contributed by atoms with Gasteiger partial charge in [0.25, 0.3) is 0 Å². The van der Waals surface area contributed by atoms with E-state index in [0.717, 1.165) is 17.9 Å².